The van der Waals surface area contributed by atoms with Gasteiger partial charge in [-0.1, -0.05) is 12.1 Å². The van der Waals surface area contributed by atoms with E-state index in [2.05, 4.69) is 4.98 Å². The van der Waals surface area contributed by atoms with Crippen LogP contribution in [0.5, 0.6) is 5.75 Å². The van der Waals surface area contributed by atoms with Crippen LogP contribution in [0.25, 0.3) is 16.6 Å². The Bertz CT molecular complexity index is 951. The van der Waals surface area contributed by atoms with Crippen LogP contribution >= 0.6 is 11.3 Å². The van der Waals surface area contributed by atoms with Crippen LogP contribution in [0, 0.1) is 5.82 Å². The van der Waals surface area contributed by atoms with Crippen LogP contribution in [-0.4, -0.2) is 29.9 Å². The van der Waals surface area contributed by atoms with Crippen LogP contribution in [0.3, 0.4) is 0 Å². The number of aromatic nitrogens is 1. The van der Waals surface area contributed by atoms with Gasteiger partial charge in [-0.3, -0.25) is 4.79 Å². The highest BCUT2D eigenvalue weighted by molar-refractivity contribution is 7.13. The molecule has 0 atom stereocenters. The van der Waals surface area contributed by atoms with Gasteiger partial charge < -0.3 is 9.64 Å². The zero-order chi connectivity index (χ0) is 19.2. The van der Waals surface area contributed by atoms with Gasteiger partial charge in [-0.2, -0.15) is 0 Å². The van der Waals surface area contributed by atoms with Crippen molar-refractivity contribution in [1.29, 1.82) is 0 Å². The second-order valence-corrected chi connectivity index (χ2v) is 6.82. The molecule has 1 aromatic heterocycles. The van der Waals surface area contributed by atoms with Crippen molar-refractivity contribution in [1.82, 2.24) is 9.88 Å². The first-order chi connectivity index (χ1) is 13.0. The summed E-state index contributed by atoms with van der Waals surface area (Å²) in [5.41, 5.74) is 2.54. The number of benzene rings is 2. The highest BCUT2D eigenvalue weighted by atomic mass is 32.1. The van der Waals surface area contributed by atoms with Crippen LogP contribution in [0.1, 0.15) is 11.3 Å². The van der Waals surface area contributed by atoms with Gasteiger partial charge >= 0.3 is 0 Å². The third-order valence-electron chi connectivity index (χ3n) is 3.94. The monoisotopic (exact) mass is 382 g/mol. The summed E-state index contributed by atoms with van der Waals surface area (Å²) in [6, 6.07) is 13.8. The summed E-state index contributed by atoms with van der Waals surface area (Å²) in [5.74, 6) is 0.369. The third kappa shape index (κ3) is 5.01. The Labute approximate surface area is 161 Å². The molecule has 0 fully saturated rings. The maximum atomic E-state index is 13.0. The first kappa shape index (κ1) is 18.8. The van der Waals surface area contributed by atoms with Crippen molar-refractivity contribution >= 4 is 23.3 Å². The number of rotatable bonds is 6. The van der Waals surface area contributed by atoms with Crippen LogP contribution in [-0.2, 0) is 11.3 Å². The van der Waals surface area contributed by atoms with Gasteiger partial charge in [0.1, 0.15) is 16.6 Å². The van der Waals surface area contributed by atoms with E-state index >= 15 is 0 Å². The van der Waals surface area contributed by atoms with Crippen molar-refractivity contribution in [2.24, 2.45) is 0 Å². The van der Waals surface area contributed by atoms with E-state index in [4.69, 9.17) is 4.74 Å². The Balaban J connectivity index is 1.63. The van der Waals surface area contributed by atoms with Crippen molar-refractivity contribution < 1.29 is 13.9 Å². The molecule has 0 aliphatic heterocycles. The Morgan fingerprint density at radius 3 is 2.78 bits per heavy atom. The fraction of sp³-hybridized carbons (Fsp3) is 0.143. The quantitative estimate of drug-likeness (QED) is 0.584. The van der Waals surface area contributed by atoms with Crippen LogP contribution in [0.15, 0.2) is 60.0 Å². The minimum Gasteiger partial charge on any atom is -0.497 e. The van der Waals surface area contributed by atoms with Crippen LogP contribution < -0.4 is 4.74 Å². The van der Waals surface area contributed by atoms with Crippen molar-refractivity contribution in [3.05, 3.63) is 77.1 Å². The number of hydrogen-bond donors (Lipinski definition) is 0. The summed E-state index contributed by atoms with van der Waals surface area (Å²) >= 11 is 1.45. The minimum atomic E-state index is -0.278. The zero-order valence-corrected chi connectivity index (χ0v) is 15.9. The van der Waals surface area contributed by atoms with Gasteiger partial charge in [0.15, 0.2) is 0 Å². The van der Waals surface area contributed by atoms with Crippen LogP contribution in [0.2, 0.25) is 0 Å². The average molecular weight is 382 g/mol. The van der Waals surface area contributed by atoms with E-state index in [-0.39, 0.29) is 11.7 Å². The normalized spacial score (nSPS) is 10.9. The fourth-order valence-electron chi connectivity index (χ4n) is 2.49. The molecular formula is C21H19FN2O2S. The predicted molar refractivity (Wildman–Crippen MR) is 106 cm³/mol. The Morgan fingerprint density at radius 2 is 2.04 bits per heavy atom. The second kappa shape index (κ2) is 8.60. The second-order valence-electron chi connectivity index (χ2n) is 5.96. The molecule has 0 aliphatic carbocycles. The summed E-state index contributed by atoms with van der Waals surface area (Å²) in [5, 5.41) is 2.65. The number of methoxy groups -OCH3 is 1. The molecule has 3 aromatic rings. The molecule has 6 heteroatoms. The summed E-state index contributed by atoms with van der Waals surface area (Å²) in [7, 11) is 3.36. The molecule has 4 nitrogen and oxygen atoms in total. The lowest BCUT2D eigenvalue weighted by Crippen LogP contribution is -2.24. The van der Waals surface area contributed by atoms with E-state index in [0.29, 0.717) is 12.2 Å². The molecule has 0 saturated carbocycles. The van der Waals surface area contributed by atoms with E-state index in [9.17, 15) is 9.18 Å². The van der Waals surface area contributed by atoms with E-state index in [1.54, 1.807) is 37.3 Å². The predicted octanol–water partition coefficient (Wildman–Crippen LogP) is 4.63. The maximum Gasteiger partial charge on any atom is 0.246 e. The topological polar surface area (TPSA) is 42.4 Å². The number of likely N-dealkylation sites (N-methyl/N-ethyl adjacent to an activating group) is 1. The molecule has 0 saturated heterocycles. The molecule has 2 aromatic carbocycles. The lowest BCUT2D eigenvalue weighted by Gasteiger charge is -2.15. The van der Waals surface area contributed by atoms with E-state index in [1.807, 2.05) is 29.6 Å². The number of amides is 1. The molecule has 27 heavy (non-hydrogen) atoms. The van der Waals surface area contributed by atoms with Gasteiger partial charge in [-0.25, -0.2) is 9.37 Å². The molecular weight excluding hydrogens is 363 g/mol. The molecule has 1 amide bonds. The van der Waals surface area contributed by atoms with Gasteiger partial charge in [-0.05, 0) is 48.0 Å². The Kier molecular flexibility index (Phi) is 5.98. The summed E-state index contributed by atoms with van der Waals surface area (Å²) in [6.07, 6.45) is 3.19. The van der Waals surface area contributed by atoms with Crippen molar-refractivity contribution in [2.45, 2.75) is 6.54 Å². The average Bonchev–Trinajstić information content (AvgIpc) is 3.15. The standard InChI is InChI=1S/C21H19FN2O2S/c1-24(13-15-4-3-5-19(12-15)26-2)20(25)11-10-18-14-27-21(23-18)16-6-8-17(22)9-7-16/h3-12,14H,13H2,1-2H3/b11-10+. The number of thiazole rings is 1. The number of carbonyl (C=O) groups is 1. The van der Waals surface area contributed by atoms with Gasteiger partial charge in [0.2, 0.25) is 5.91 Å². The van der Waals surface area contributed by atoms with Gasteiger partial charge in [0, 0.05) is 30.6 Å². The van der Waals surface area contributed by atoms with E-state index in [1.165, 1.54) is 29.5 Å². The maximum absolute atomic E-state index is 13.0. The largest absolute Gasteiger partial charge is 0.497 e. The zero-order valence-electron chi connectivity index (χ0n) is 15.1. The first-order valence-electron chi connectivity index (χ1n) is 8.33. The van der Waals surface area contributed by atoms with E-state index in [0.717, 1.165) is 21.9 Å². The molecule has 0 radical (unpaired) electrons. The summed E-state index contributed by atoms with van der Waals surface area (Å²) < 4.78 is 18.2. The van der Waals surface area contributed by atoms with Crippen LogP contribution in [0.4, 0.5) is 4.39 Å². The molecule has 0 aliphatic rings. The molecule has 138 valence electrons. The Hall–Kier alpha value is -2.99. The smallest absolute Gasteiger partial charge is 0.246 e. The summed E-state index contributed by atoms with van der Waals surface area (Å²) in [4.78, 5) is 18.4. The van der Waals surface area contributed by atoms with Crippen molar-refractivity contribution in [3.8, 4) is 16.3 Å². The molecule has 0 unspecified atom stereocenters. The SMILES string of the molecule is COc1cccc(CN(C)C(=O)/C=C/c2csc(-c3ccc(F)cc3)n2)c1. The fourth-order valence-corrected chi connectivity index (χ4v) is 3.29. The molecule has 0 spiro atoms. The highest BCUT2D eigenvalue weighted by Crippen LogP contribution is 2.24. The number of hydrogen-bond acceptors (Lipinski definition) is 4. The number of nitrogens with zero attached hydrogens (tertiary/aromatic N) is 2. The van der Waals surface area contributed by atoms with Crippen molar-refractivity contribution in [2.75, 3.05) is 14.2 Å². The number of carbonyl (C=O) groups excluding carboxylic acids is 1. The lowest BCUT2D eigenvalue weighted by atomic mass is 10.2. The van der Waals surface area contributed by atoms with Gasteiger partial charge in [0.05, 0.1) is 12.8 Å². The van der Waals surface area contributed by atoms with Gasteiger partial charge in [-0.15, -0.1) is 11.3 Å². The van der Waals surface area contributed by atoms with Crippen molar-refractivity contribution in [3.63, 3.8) is 0 Å². The van der Waals surface area contributed by atoms with Gasteiger partial charge in [0.25, 0.3) is 0 Å². The summed E-state index contributed by atoms with van der Waals surface area (Å²) in [6.45, 7) is 0.484. The third-order valence-corrected chi connectivity index (χ3v) is 4.85. The minimum absolute atomic E-state index is 0.117. The van der Waals surface area contributed by atoms with E-state index < -0.39 is 0 Å². The first-order valence-corrected chi connectivity index (χ1v) is 9.20. The Morgan fingerprint density at radius 1 is 1.26 bits per heavy atom. The lowest BCUT2D eigenvalue weighted by molar-refractivity contribution is -0.125. The molecule has 0 N–H and O–H groups in total. The highest BCUT2D eigenvalue weighted by Gasteiger charge is 2.08. The number of ether oxygens (including phenoxy) is 1. The number of halogens is 1. The molecule has 0 bridgehead atoms. The molecule has 1 heterocycles. The molecule has 3 rings (SSSR count).